The van der Waals surface area contributed by atoms with E-state index in [1.807, 2.05) is 0 Å². The van der Waals surface area contributed by atoms with E-state index in [0.717, 1.165) is 17.0 Å². The van der Waals surface area contributed by atoms with Gasteiger partial charge >= 0.3 is 18.2 Å². The number of anilines is 1. The van der Waals surface area contributed by atoms with Crippen LogP contribution in [-0.2, 0) is 22.8 Å². The van der Waals surface area contributed by atoms with Crippen molar-refractivity contribution in [3.63, 3.8) is 0 Å². The maximum absolute atomic E-state index is 13.9. The van der Waals surface area contributed by atoms with Crippen LogP contribution in [0.2, 0.25) is 0 Å². The Morgan fingerprint density at radius 3 is 2.28 bits per heavy atom. The van der Waals surface area contributed by atoms with E-state index in [9.17, 15) is 31.5 Å². The van der Waals surface area contributed by atoms with Crippen molar-refractivity contribution in [1.82, 2.24) is 4.90 Å². The van der Waals surface area contributed by atoms with E-state index >= 15 is 0 Å². The summed E-state index contributed by atoms with van der Waals surface area (Å²) < 4.78 is 76.7. The van der Waals surface area contributed by atoms with Crippen molar-refractivity contribution in [1.29, 1.82) is 0 Å². The summed E-state index contributed by atoms with van der Waals surface area (Å²) in [4.78, 5) is 30.3. The van der Waals surface area contributed by atoms with E-state index in [4.69, 9.17) is 15.2 Å². The smallest absolute Gasteiger partial charge is 0.493 e. The van der Waals surface area contributed by atoms with Gasteiger partial charge in [-0.05, 0) is 42.0 Å². The number of methoxy groups -OCH3 is 1. The topological polar surface area (TPSA) is 94.3 Å². The molecule has 3 aromatic rings. The van der Waals surface area contributed by atoms with Crippen molar-refractivity contribution in [2.75, 3.05) is 25.3 Å². The van der Waals surface area contributed by atoms with E-state index in [1.165, 1.54) is 49.6 Å². The third kappa shape index (κ3) is 7.80. The molecule has 39 heavy (non-hydrogen) atoms. The average Bonchev–Trinajstić information content (AvgIpc) is 2.90. The van der Waals surface area contributed by atoms with Crippen molar-refractivity contribution in [3.05, 3.63) is 89.5 Å². The number of urea groups is 1. The zero-order chi connectivity index (χ0) is 28.6. The van der Waals surface area contributed by atoms with Crippen molar-refractivity contribution < 1.29 is 45.9 Å². The van der Waals surface area contributed by atoms with Crippen LogP contribution in [-0.4, -0.2) is 43.3 Å². The number of alkyl halides is 3. The van der Waals surface area contributed by atoms with Gasteiger partial charge in [0.2, 0.25) is 0 Å². The molecule has 0 bridgehead atoms. The van der Waals surface area contributed by atoms with E-state index in [2.05, 4.69) is 4.84 Å². The zero-order valence-corrected chi connectivity index (χ0v) is 20.6. The number of nitrogens with zero attached hydrogens (tertiary/aromatic N) is 2. The van der Waals surface area contributed by atoms with Gasteiger partial charge in [-0.25, -0.2) is 18.4 Å². The number of nitrogens with two attached hydrogens (primary N) is 1. The van der Waals surface area contributed by atoms with Gasteiger partial charge in [-0.3, -0.25) is 0 Å². The molecular weight excluding hydrogens is 529 g/mol. The van der Waals surface area contributed by atoms with Gasteiger partial charge < -0.3 is 24.9 Å². The Morgan fingerprint density at radius 2 is 1.67 bits per heavy atom. The summed E-state index contributed by atoms with van der Waals surface area (Å²) in [6.07, 6.45) is -5.34. The quantitative estimate of drug-likeness (QED) is 0.298. The van der Waals surface area contributed by atoms with Crippen LogP contribution < -0.4 is 20.3 Å². The molecule has 0 aromatic heterocycles. The second-order valence-corrected chi connectivity index (χ2v) is 8.01. The molecule has 13 heteroatoms. The van der Waals surface area contributed by atoms with Gasteiger partial charge in [0.05, 0.1) is 12.8 Å². The zero-order valence-electron chi connectivity index (χ0n) is 20.6. The largest absolute Gasteiger partial charge is 0.493 e. The molecule has 0 aliphatic carbocycles. The number of hydroxylamine groups is 1. The van der Waals surface area contributed by atoms with Gasteiger partial charge in [-0.1, -0.05) is 24.3 Å². The minimum absolute atomic E-state index is 0.0524. The summed E-state index contributed by atoms with van der Waals surface area (Å²) in [6, 6.07) is 13.6. The van der Waals surface area contributed by atoms with Gasteiger partial charge in [0.1, 0.15) is 18.2 Å². The highest BCUT2D eigenvalue weighted by Crippen LogP contribution is 2.30. The average molecular weight is 553 g/mol. The molecular formula is C26H24F5N3O5. The van der Waals surface area contributed by atoms with Gasteiger partial charge in [-0.15, -0.1) is 5.06 Å². The summed E-state index contributed by atoms with van der Waals surface area (Å²) in [5, 5.41) is 0.247. The standard InChI is InChI=1S/C26H24F5N3O5/c1-37-23-13-17(7-10-22(23)38-16-18-8-9-19(27)14-21(18)28)15-33(12-11-32)25(36)34(20-5-3-2-4-6-20)39-24(35)26(29,30)31/h2-10,13-14H,11-12,15-16,32H2,1H3. The SMILES string of the molecule is COc1cc(CN(CCN)C(=O)N(OC(=O)C(F)(F)F)c2ccccc2)ccc1OCc1ccc(F)cc1F. The number of para-hydroxylation sites is 1. The van der Waals surface area contributed by atoms with Crippen LogP contribution in [0, 0.1) is 11.6 Å². The molecule has 0 saturated carbocycles. The Kier molecular flexibility index (Phi) is 9.66. The van der Waals surface area contributed by atoms with E-state index < -0.39 is 29.8 Å². The van der Waals surface area contributed by atoms with Crippen LogP contribution in [0.25, 0.3) is 0 Å². The molecule has 208 valence electrons. The third-order valence-electron chi connectivity index (χ3n) is 5.24. The van der Waals surface area contributed by atoms with Crippen LogP contribution in [0.1, 0.15) is 11.1 Å². The van der Waals surface area contributed by atoms with E-state index in [-0.39, 0.29) is 54.1 Å². The number of amides is 2. The highest BCUT2D eigenvalue weighted by Gasteiger charge is 2.44. The van der Waals surface area contributed by atoms with Crippen molar-refractivity contribution in [2.24, 2.45) is 5.73 Å². The molecule has 0 spiro atoms. The molecule has 0 radical (unpaired) electrons. The highest BCUT2D eigenvalue weighted by molar-refractivity contribution is 5.92. The second kappa shape index (κ2) is 12.9. The van der Waals surface area contributed by atoms with Gasteiger partial charge in [0.15, 0.2) is 11.5 Å². The summed E-state index contributed by atoms with van der Waals surface area (Å²) in [5.41, 5.74) is 6.08. The van der Waals surface area contributed by atoms with E-state index in [0.29, 0.717) is 5.56 Å². The van der Waals surface area contributed by atoms with Crippen molar-refractivity contribution in [3.8, 4) is 11.5 Å². The number of carbonyl (C=O) groups excluding carboxylic acids is 2. The maximum Gasteiger partial charge on any atom is 0.493 e. The lowest BCUT2D eigenvalue weighted by molar-refractivity contribution is -0.200. The van der Waals surface area contributed by atoms with Crippen molar-refractivity contribution in [2.45, 2.75) is 19.3 Å². The van der Waals surface area contributed by atoms with E-state index in [1.54, 1.807) is 12.1 Å². The first-order valence-corrected chi connectivity index (χ1v) is 11.4. The molecule has 8 nitrogen and oxygen atoms in total. The minimum atomic E-state index is -5.34. The molecule has 0 heterocycles. The number of benzene rings is 3. The summed E-state index contributed by atoms with van der Waals surface area (Å²) in [5.74, 6) is -3.66. The number of ether oxygens (including phenoxy) is 2. The molecule has 2 N–H and O–H groups in total. The van der Waals surface area contributed by atoms with Crippen LogP contribution in [0.4, 0.5) is 32.4 Å². The monoisotopic (exact) mass is 553 g/mol. The fourth-order valence-corrected chi connectivity index (χ4v) is 3.37. The van der Waals surface area contributed by atoms with Crippen LogP contribution in [0.15, 0.2) is 66.7 Å². The maximum atomic E-state index is 13.9. The summed E-state index contributed by atoms with van der Waals surface area (Å²) in [6.45, 7) is -0.540. The predicted octanol–water partition coefficient (Wildman–Crippen LogP) is 4.96. The van der Waals surface area contributed by atoms with Gasteiger partial charge in [0, 0.05) is 31.3 Å². The first-order chi connectivity index (χ1) is 18.5. The lowest BCUT2D eigenvalue weighted by Gasteiger charge is -2.29. The number of carbonyl (C=O) groups is 2. The molecule has 0 fully saturated rings. The molecule has 2 amide bonds. The molecule has 0 aliphatic heterocycles. The Bertz CT molecular complexity index is 1290. The third-order valence-corrected chi connectivity index (χ3v) is 5.24. The number of halogens is 5. The van der Waals surface area contributed by atoms with Gasteiger partial charge in [0.25, 0.3) is 0 Å². The molecule has 0 atom stereocenters. The second-order valence-electron chi connectivity index (χ2n) is 8.01. The molecule has 3 aromatic carbocycles. The van der Waals surface area contributed by atoms with Crippen LogP contribution in [0.5, 0.6) is 11.5 Å². The first-order valence-electron chi connectivity index (χ1n) is 11.4. The molecule has 0 aliphatic rings. The van der Waals surface area contributed by atoms with Gasteiger partial charge in [-0.2, -0.15) is 13.2 Å². The molecule has 3 rings (SSSR count). The Labute approximate surface area is 220 Å². The fourth-order valence-electron chi connectivity index (χ4n) is 3.37. The summed E-state index contributed by atoms with van der Waals surface area (Å²) >= 11 is 0. The van der Waals surface area contributed by atoms with Crippen LogP contribution >= 0.6 is 0 Å². The predicted molar refractivity (Wildman–Crippen MR) is 130 cm³/mol. The number of hydrogen-bond acceptors (Lipinski definition) is 6. The number of hydrogen-bond donors (Lipinski definition) is 1. The Balaban J connectivity index is 1.82. The van der Waals surface area contributed by atoms with Crippen LogP contribution in [0.3, 0.4) is 0 Å². The lowest BCUT2D eigenvalue weighted by atomic mass is 10.2. The minimum Gasteiger partial charge on any atom is -0.493 e. The Hall–Kier alpha value is -4.39. The molecule has 0 saturated heterocycles. The number of rotatable bonds is 9. The normalized spacial score (nSPS) is 11.1. The van der Waals surface area contributed by atoms with Crippen molar-refractivity contribution >= 4 is 17.7 Å². The fraction of sp³-hybridized carbons (Fsp3) is 0.231. The summed E-state index contributed by atoms with van der Waals surface area (Å²) in [7, 11) is 1.35. The first kappa shape index (κ1) is 29.2. The Morgan fingerprint density at radius 1 is 0.949 bits per heavy atom. The molecule has 0 unspecified atom stereocenters. The highest BCUT2D eigenvalue weighted by atomic mass is 19.4. The lowest BCUT2D eigenvalue weighted by Crippen LogP contribution is -2.47.